The average Bonchev–Trinajstić information content (AvgIpc) is 1.63. The lowest BCUT2D eigenvalue weighted by Crippen LogP contribution is -2.25. The highest BCUT2D eigenvalue weighted by Crippen LogP contribution is 1.93. The fourth-order valence-corrected chi connectivity index (χ4v) is 0.571. The lowest BCUT2D eigenvalue weighted by molar-refractivity contribution is 0.332. The largest absolute Gasteiger partial charge is 0.314 e. The third-order valence-corrected chi connectivity index (χ3v) is 1.09. The van der Waals surface area contributed by atoms with Crippen molar-refractivity contribution in [3.8, 4) is 0 Å². The van der Waals surface area contributed by atoms with E-state index in [1.54, 1.807) is 6.92 Å². The van der Waals surface area contributed by atoms with Crippen molar-refractivity contribution in [3.63, 3.8) is 0 Å². The van der Waals surface area contributed by atoms with Crippen LogP contribution in [0.1, 0.15) is 27.2 Å². The fraction of sp³-hybridized carbons (Fsp3) is 1.00. The molecule has 56 valence electrons. The highest BCUT2D eigenvalue weighted by molar-refractivity contribution is 4.55. The molecule has 1 nitrogen and oxygen atoms in total. The van der Waals surface area contributed by atoms with Gasteiger partial charge in [0.25, 0.3) is 0 Å². The number of alkyl halides is 1. The molecule has 2 heteroatoms. The molecule has 0 rings (SSSR count). The Balaban J connectivity index is 2.91. The second-order valence-corrected chi connectivity index (χ2v) is 2.68. The van der Waals surface area contributed by atoms with Gasteiger partial charge in [-0.15, -0.1) is 0 Å². The van der Waals surface area contributed by atoms with Crippen LogP contribution in [0.2, 0.25) is 0 Å². The van der Waals surface area contributed by atoms with Crippen molar-refractivity contribution in [1.82, 2.24) is 5.32 Å². The van der Waals surface area contributed by atoms with Gasteiger partial charge in [0, 0.05) is 6.04 Å². The van der Waals surface area contributed by atoms with Gasteiger partial charge in [0.2, 0.25) is 0 Å². The topological polar surface area (TPSA) is 12.0 Å². The van der Waals surface area contributed by atoms with Crippen molar-refractivity contribution in [2.45, 2.75) is 39.4 Å². The monoisotopic (exact) mass is 133 g/mol. The zero-order chi connectivity index (χ0) is 7.28. The molecule has 1 N–H and O–H groups in total. The maximum absolute atomic E-state index is 12.1. The van der Waals surface area contributed by atoms with Crippen LogP contribution in [0.15, 0.2) is 0 Å². The first kappa shape index (κ1) is 8.89. The van der Waals surface area contributed by atoms with E-state index >= 15 is 0 Å². The summed E-state index contributed by atoms with van der Waals surface area (Å²) >= 11 is 0. The van der Waals surface area contributed by atoms with E-state index in [2.05, 4.69) is 19.2 Å². The molecule has 0 bridgehead atoms. The Morgan fingerprint density at radius 3 is 2.22 bits per heavy atom. The number of hydrogen-bond donors (Lipinski definition) is 1. The molecule has 0 aliphatic carbocycles. The van der Waals surface area contributed by atoms with Gasteiger partial charge in [-0.25, -0.2) is 4.39 Å². The molecular formula is C7H16FN. The molecule has 0 saturated heterocycles. The van der Waals surface area contributed by atoms with Crippen molar-refractivity contribution < 1.29 is 4.39 Å². The Morgan fingerprint density at radius 2 is 1.89 bits per heavy atom. The summed E-state index contributed by atoms with van der Waals surface area (Å²) in [5.74, 6) is 0. The SMILES string of the molecule is CC(C)NCC[C@H](C)F. The minimum atomic E-state index is -0.670. The second kappa shape index (κ2) is 4.74. The van der Waals surface area contributed by atoms with Crippen molar-refractivity contribution in [1.29, 1.82) is 0 Å². The number of halogens is 1. The molecule has 0 saturated carbocycles. The quantitative estimate of drug-likeness (QED) is 0.616. The van der Waals surface area contributed by atoms with Gasteiger partial charge in [-0.2, -0.15) is 0 Å². The predicted octanol–water partition coefficient (Wildman–Crippen LogP) is 1.73. The molecule has 0 unspecified atom stereocenters. The van der Waals surface area contributed by atoms with Gasteiger partial charge in [-0.1, -0.05) is 13.8 Å². The van der Waals surface area contributed by atoms with E-state index in [9.17, 15) is 4.39 Å². The van der Waals surface area contributed by atoms with Gasteiger partial charge in [-0.3, -0.25) is 0 Å². The summed E-state index contributed by atoms with van der Waals surface area (Å²) < 4.78 is 12.1. The second-order valence-electron chi connectivity index (χ2n) is 2.68. The first-order valence-corrected chi connectivity index (χ1v) is 3.50. The standard InChI is InChI=1S/C7H16FN/c1-6(2)9-5-4-7(3)8/h6-7,9H,4-5H2,1-3H3/t7-/m0/s1. The maximum Gasteiger partial charge on any atom is 0.0985 e. The van der Waals surface area contributed by atoms with E-state index < -0.39 is 6.17 Å². The molecule has 0 aliphatic rings. The molecule has 0 amide bonds. The minimum absolute atomic E-state index is 0.476. The Bertz CT molecular complexity index is 53.9. The summed E-state index contributed by atoms with van der Waals surface area (Å²) in [4.78, 5) is 0. The lowest BCUT2D eigenvalue weighted by Gasteiger charge is -2.07. The Kier molecular flexibility index (Phi) is 4.68. The van der Waals surface area contributed by atoms with Gasteiger partial charge < -0.3 is 5.32 Å². The van der Waals surface area contributed by atoms with Crippen LogP contribution in [-0.4, -0.2) is 18.8 Å². The van der Waals surface area contributed by atoms with E-state index in [0.29, 0.717) is 12.5 Å². The van der Waals surface area contributed by atoms with Crippen LogP contribution < -0.4 is 5.32 Å². The van der Waals surface area contributed by atoms with E-state index in [0.717, 1.165) is 6.54 Å². The van der Waals surface area contributed by atoms with Crippen LogP contribution in [0.25, 0.3) is 0 Å². The van der Waals surface area contributed by atoms with Crippen LogP contribution >= 0.6 is 0 Å². The van der Waals surface area contributed by atoms with Crippen LogP contribution in [0, 0.1) is 0 Å². The van der Waals surface area contributed by atoms with Gasteiger partial charge in [0.1, 0.15) is 0 Å². The first-order chi connectivity index (χ1) is 4.13. The number of nitrogens with one attached hydrogen (secondary N) is 1. The van der Waals surface area contributed by atoms with Crippen molar-refractivity contribution in [2.75, 3.05) is 6.54 Å². The van der Waals surface area contributed by atoms with Gasteiger partial charge in [0.05, 0.1) is 6.17 Å². The number of rotatable bonds is 4. The predicted molar refractivity (Wildman–Crippen MR) is 38.3 cm³/mol. The number of hydrogen-bond acceptors (Lipinski definition) is 1. The lowest BCUT2D eigenvalue weighted by atomic mass is 10.3. The first-order valence-electron chi connectivity index (χ1n) is 3.50. The summed E-state index contributed by atoms with van der Waals surface area (Å²) in [7, 11) is 0. The Hall–Kier alpha value is -0.110. The highest BCUT2D eigenvalue weighted by atomic mass is 19.1. The van der Waals surface area contributed by atoms with Gasteiger partial charge in [0.15, 0.2) is 0 Å². The Labute approximate surface area is 56.6 Å². The summed E-state index contributed by atoms with van der Waals surface area (Å²) in [5, 5.41) is 3.14. The molecule has 0 aromatic carbocycles. The molecule has 0 spiro atoms. The zero-order valence-electron chi connectivity index (χ0n) is 6.45. The molecule has 0 aromatic heterocycles. The maximum atomic E-state index is 12.1. The van der Waals surface area contributed by atoms with Crippen molar-refractivity contribution in [2.24, 2.45) is 0 Å². The third kappa shape index (κ3) is 7.89. The van der Waals surface area contributed by atoms with Crippen LogP contribution in [0.4, 0.5) is 4.39 Å². The molecule has 0 aromatic rings. The van der Waals surface area contributed by atoms with E-state index in [4.69, 9.17) is 0 Å². The zero-order valence-corrected chi connectivity index (χ0v) is 6.45. The van der Waals surface area contributed by atoms with Crippen LogP contribution in [0.5, 0.6) is 0 Å². The summed E-state index contributed by atoms with van der Waals surface area (Å²) in [5.41, 5.74) is 0. The molecule has 0 heterocycles. The van der Waals surface area contributed by atoms with E-state index in [-0.39, 0.29) is 0 Å². The molecular weight excluding hydrogens is 117 g/mol. The van der Waals surface area contributed by atoms with Crippen molar-refractivity contribution >= 4 is 0 Å². The Morgan fingerprint density at radius 1 is 1.33 bits per heavy atom. The summed E-state index contributed by atoms with van der Waals surface area (Å²) in [6, 6.07) is 0.476. The van der Waals surface area contributed by atoms with Gasteiger partial charge in [-0.05, 0) is 19.9 Å². The molecule has 1 atom stereocenters. The van der Waals surface area contributed by atoms with E-state index in [1.807, 2.05) is 0 Å². The smallest absolute Gasteiger partial charge is 0.0985 e. The molecule has 0 aliphatic heterocycles. The van der Waals surface area contributed by atoms with Crippen LogP contribution in [0.3, 0.4) is 0 Å². The summed E-state index contributed by atoms with van der Waals surface area (Å²) in [6.45, 7) is 6.49. The van der Waals surface area contributed by atoms with Gasteiger partial charge >= 0.3 is 0 Å². The molecule has 0 radical (unpaired) electrons. The normalized spacial score (nSPS) is 14.3. The van der Waals surface area contributed by atoms with Crippen LogP contribution in [-0.2, 0) is 0 Å². The summed E-state index contributed by atoms with van der Waals surface area (Å²) in [6.07, 6.45) is -0.0469. The van der Waals surface area contributed by atoms with Crippen molar-refractivity contribution in [3.05, 3.63) is 0 Å². The average molecular weight is 133 g/mol. The third-order valence-electron chi connectivity index (χ3n) is 1.09. The highest BCUT2D eigenvalue weighted by Gasteiger charge is 1.96. The molecule has 0 fully saturated rings. The van der Waals surface area contributed by atoms with E-state index in [1.165, 1.54) is 0 Å². The fourth-order valence-electron chi connectivity index (χ4n) is 0.571. The molecule has 9 heavy (non-hydrogen) atoms. The minimum Gasteiger partial charge on any atom is -0.314 e.